The standard InChI is InChI=1S/C18H20ClN3O2S/c19-17-6-4-16(5-7-17)8-14-25(23,24)22-12-10-21(11-13-22)15-18-3-1-2-9-20-18/h1-9,14H,10-13,15H2/b14-8+. The van der Waals surface area contributed by atoms with Crippen LogP contribution in [0.15, 0.2) is 54.1 Å². The second kappa shape index (κ2) is 8.10. The van der Waals surface area contributed by atoms with Crippen molar-refractivity contribution >= 4 is 27.7 Å². The summed E-state index contributed by atoms with van der Waals surface area (Å²) in [7, 11) is -3.41. The lowest BCUT2D eigenvalue weighted by molar-refractivity contribution is 0.181. The Morgan fingerprint density at radius 2 is 1.76 bits per heavy atom. The molecule has 1 saturated heterocycles. The zero-order chi connectivity index (χ0) is 17.7. The number of halogens is 1. The van der Waals surface area contributed by atoms with E-state index in [9.17, 15) is 8.42 Å². The quantitative estimate of drug-likeness (QED) is 0.804. The Kier molecular flexibility index (Phi) is 5.86. The zero-order valence-electron chi connectivity index (χ0n) is 13.8. The molecule has 0 radical (unpaired) electrons. The number of nitrogens with zero attached hydrogens (tertiary/aromatic N) is 3. The first-order chi connectivity index (χ1) is 12.0. The van der Waals surface area contributed by atoms with E-state index < -0.39 is 10.0 Å². The average Bonchev–Trinajstić information content (AvgIpc) is 2.63. The van der Waals surface area contributed by atoms with Gasteiger partial charge in [0.1, 0.15) is 0 Å². The summed E-state index contributed by atoms with van der Waals surface area (Å²) in [6.45, 7) is 3.12. The van der Waals surface area contributed by atoms with E-state index in [0.717, 1.165) is 17.8 Å². The topological polar surface area (TPSA) is 53.5 Å². The number of benzene rings is 1. The smallest absolute Gasteiger partial charge is 0.236 e. The van der Waals surface area contributed by atoms with Crippen LogP contribution < -0.4 is 0 Å². The normalized spacial score (nSPS) is 17.2. The van der Waals surface area contributed by atoms with E-state index in [1.807, 2.05) is 18.2 Å². The van der Waals surface area contributed by atoms with Crippen LogP contribution in [-0.2, 0) is 16.6 Å². The Morgan fingerprint density at radius 1 is 1.04 bits per heavy atom. The second-order valence-corrected chi connectivity index (χ2v) is 8.15. The van der Waals surface area contributed by atoms with Crippen LogP contribution in [0.25, 0.3) is 6.08 Å². The van der Waals surface area contributed by atoms with E-state index in [0.29, 0.717) is 31.2 Å². The van der Waals surface area contributed by atoms with Crippen molar-refractivity contribution in [1.82, 2.24) is 14.2 Å². The number of pyridine rings is 1. The maximum Gasteiger partial charge on any atom is 0.236 e. The van der Waals surface area contributed by atoms with Crippen LogP contribution in [0.2, 0.25) is 5.02 Å². The molecule has 7 heteroatoms. The monoisotopic (exact) mass is 377 g/mol. The molecule has 1 aliphatic heterocycles. The molecule has 3 rings (SSSR count). The Hall–Kier alpha value is -1.73. The third-order valence-corrected chi connectivity index (χ3v) is 5.92. The van der Waals surface area contributed by atoms with Gasteiger partial charge in [-0.05, 0) is 35.9 Å². The first-order valence-electron chi connectivity index (χ1n) is 8.09. The number of piperazine rings is 1. The largest absolute Gasteiger partial charge is 0.295 e. The Balaban J connectivity index is 1.56. The average molecular weight is 378 g/mol. The molecule has 2 heterocycles. The predicted octanol–water partition coefficient (Wildman–Crippen LogP) is 2.85. The van der Waals surface area contributed by atoms with Gasteiger partial charge in [-0.25, -0.2) is 8.42 Å². The summed E-state index contributed by atoms with van der Waals surface area (Å²) in [5.41, 5.74) is 1.81. The highest BCUT2D eigenvalue weighted by atomic mass is 35.5. The van der Waals surface area contributed by atoms with Crippen molar-refractivity contribution in [1.29, 1.82) is 0 Å². The van der Waals surface area contributed by atoms with Gasteiger partial charge >= 0.3 is 0 Å². The molecule has 5 nitrogen and oxygen atoms in total. The summed E-state index contributed by atoms with van der Waals surface area (Å²) >= 11 is 5.84. The van der Waals surface area contributed by atoms with Crippen molar-refractivity contribution in [3.63, 3.8) is 0 Å². The van der Waals surface area contributed by atoms with E-state index in [2.05, 4.69) is 9.88 Å². The molecule has 0 amide bonds. The molecule has 132 valence electrons. The molecule has 0 unspecified atom stereocenters. The molecule has 1 aromatic carbocycles. The molecule has 0 bridgehead atoms. The SMILES string of the molecule is O=S(=O)(/C=C/c1ccc(Cl)cc1)N1CCN(Cc2ccccn2)CC1. The van der Waals surface area contributed by atoms with Gasteiger partial charge in [-0.15, -0.1) is 0 Å². The molecular formula is C18H20ClN3O2S. The van der Waals surface area contributed by atoms with Crippen LogP contribution in [0, 0.1) is 0 Å². The van der Waals surface area contributed by atoms with Crippen molar-refractivity contribution in [3.8, 4) is 0 Å². The van der Waals surface area contributed by atoms with Crippen molar-refractivity contribution < 1.29 is 8.42 Å². The summed E-state index contributed by atoms with van der Waals surface area (Å²) in [6, 6.07) is 12.9. The van der Waals surface area contributed by atoms with Crippen LogP contribution in [0.5, 0.6) is 0 Å². The van der Waals surface area contributed by atoms with Gasteiger partial charge in [-0.1, -0.05) is 29.8 Å². The third kappa shape index (κ3) is 5.12. The summed E-state index contributed by atoms with van der Waals surface area (Å²) < 4.78 is 26.5. The molecule has 0 spiro atoms. The molecule has 0 atom stereocenters. The highest BCUT2D eigenvalue weighted by molar-refractivity contribution is 7.92. The van der Waals surface area contributed by atoms with Gasteiger partial charge in [0.2, 0.25) is 10.0 Å². The fraction of sp³-hybridized carbons (Fsp3) is 0.278. The molecule has 0 saturated carbocycles. The highest BCUT2D eigenvalue weighted by Crippen LogP contribution is 2.14. The predicted molar refractivity (Wildman–Crippen MR) is 100 cm³/mol. The molecule has 1 fully saturated rings. The number of sulfonamides is 1. The Labute approximate surface area is 153 Å². The van der Waals surface area contributed by atoms with E-state index in [1.54, 1.807) is 36.5 Å². The molecule has 1 aliphatic rings. The van der Waals surface area contributed by atoms with Gasteiger partial charge in [0.15, 0.2) is 0 Å². The maximum absolute atomic E-state index is 12.5. The Morgan fingerprint density at radius 3 is 2.40 bits per heavy atom. The number of aromatic nitrogens is 1. The van der Waals surface area contributed by atoms with Crippen LogP contribution in [0.3, 0.4) is 0 Å². The lowest BCUT2D eigenvalue weighted by Gasteiger charge is -2.33. The zero-order valence-corrected chi connectivity index (χ0v) is 15.3. The van der Waals surface area contributed by atoms with Gasteiger partial charge in [0, 0.05) is 49.4 Å². The van der Waals surface area contributed by atoms with Gasteiger partial charge in [0.05, 0.1) is 5.69 Å². The van der Waals surface area contributed by atoms with Crippen molar-refractivity contribution in [2.45, 2.75) is 6.54 Å². The minimum absolute atomic E-state index is 0.486. The first kappa shape index (κ1) is 18.1. The van der Waals surface area contributed by atoms with E-state index in [-0.39, 0.29) is 0 Å². The summed E-state index contributed by atoms with van der Waals surface area (Å²) in [4.78, 5) is 6.54. The minimum atomic E-state index is -3.41. The number of hydrogen-bond acceptors (Lipinski definition) is 4. The van der Waals surface area contributed by atoms with Gasteiger partial charge < -0.3 is 0 Å². The molecule has 0 N–H and O–H groups in total. The van der Waals surface area contributed by atoms with Crippen molar-refractivity contribution in [3.05, 3.63) is 70.3 Å². The maximum atomic E-state index is 12.5. The van der Waals surface area contributed by atoms with Crippen LogP contribution in [0.1, 0.15) is 11.3 Å². The minimum Gasteiger partial charge on any atom is -0.295 e. The summed E-state index contributed by atoms with van der Waals surface area (Å²) in [6.07, 6.45) is 3.38. The molecule has 1 aromatic heterocycles. The summed E-state index contributed by atoms with van der Waals surface area (Å²) in [5, 5.41) is 1.90. The fourth-order valence-corrected chi connectivity index (χ4v) is 3.99. The van der Waals surface area contributed by atoms with Crippen molar-refractivity contribution in [2.75, 3.05) is 26.2 Å². The van der Waals surface area contributed by atoms with Crippen LogP contribution in [0.4, 0.5) is 0 Å². The van der Waals surface area contributed by atoms with Gasteiger partial charge in [-0.2, -0.15) is 4.31 Å². The molecular weight excluding hydrogens is 358 g/mol. The lowest BCUT2D eigenvalue weighted by Crippen LogP contribution is -2.47. The number of hydrogen-bond donors (Lipinski definition) is 0. The van der Waals surface area contributed by atoms with Crippen LogP contribution in [-0.4, -0.2) is 48.8 Å². The number of rotatable bonds is 5. The lowest BCUT2D eigenvalue weighted by atomic mass is 10.2. The molecule has 0 aliphatic carbocycles. The summed E-state index contributed by atoms with van der Waals surface area (Å²) in [5.74, 6) is 0. The Bertz CT molecular complexity index is 815. The van der Waals surface area contributed by atoms with E-state index in [1.165, 1.54) is 9.71 Å². The molecule has 25 heavy (non-hydrogen) atoms. The second-order valence-electron chi connectivity index (χ2n) is 5.90. The fourth-order valence-electron chi connectivity index (χ4n) is 2.69. The van der Waals surface area contributed by atoms with E-state index >= 15 is 0 Å². The molecule has 2 aromatic rings. The third-order valence-electron chi connectivity index (χ3n) is 4.11. The first-order valence-corrected chi connectivity index (χ1v) is 9.97. The highest BCUT2D eigenvalue weighted by Gasteiger charge is 2.25. The van der Waals surface area contributed by atoms with Gasteiger partial charge in [-0.3, -0.25) is 9.88 Å². The van der Waals surface area contributed by atoms with Crippen molar-refractivity contribution in [2.24, 2.45) is 0 Å². The van der Waals surface area contributed by atoms with Gasteiger partial charge in [0.25, 0.3) is 0 Å². The van der Waals surface area contributed by atoms with E-state index in [4.69, 9.17) is 11.6 Å². The van der Waals surface area contributed by atoms with Crippen LogP contribution >= 0.6 is 11.6 Å².